The number of rotatable bonds is 5. The molecule has 0 bridgehead atoms. The van der Waals surface area contributed by atoms with Crippen LogP contribution in [0.4, 0.5) is 4.39 Å². The van der Waals surface area contributed by atoms with Crippen LogP contribution in [0.2, 0.25) is 0 Å². The molecule has 24 heavy (non-hydrogen) atoms. The van der Waals surface area contributed by atoms with Gasteiger partial charge < -0.3 is 9.47 Å². The van der Waals surface area contributed by atoms with Crippen molar-refractivity contribution in [2.45, 2.75) is 33.3 Å². The number of ketones is 1. The van der Waals surface area contributed by atoms with Crippen LogP contribution in [-0.2, 0) is 19.1 Å². The summed E-state index contributed by atoms with van der Waals surface area (Å²) in [6, 6.07) is 5.17. The van der Waals surface area contributed by atoms with Gasteiger partial charge in [0.2, 0.25) is 0 Å². The van der Waals surface area contributed by atoms with Crippen molar-refractivity contribution in [3.63, 3.8) is 0 Å². The highest BCUT2D eigenvalue weighted by atomic mass is 19.1. The second-order valence-electron chi connectivity index (χ2n) is 6.44. The first-order valence-corrected chi connectivity index (χ1v) is 7.88. The maximum absolute atomic E-state index is 13.0. The third-order valence-corrected chi connectivity index (χ3v) is 4.40. The molecule has 6 heteroatoms. The van der Waals surface area contributed by atoms with Crippen LogP contribution in [-0.4, -0.2) is 29.9 Å². The molecule has 0 unspecified atom stereocenters. The number of cyclic esters (lactones) is 1. The summed E-state index contributed by atoms with van der Waals surface area (Å²) < 4.78 is 23.3. The third-order valence-electron chi connectivity index (χ3n) is 4.40. The first-order chi connectivity index (χ1) is 11.2. The number of esters is 2. The van der Waals surface area contributed by atoms with Crippen LogP contribution in [0, 0.1) is 23.6 Å². The predicted octanol–water partition coefficient (Wildman–Crippen LogP) is 2.78. The molecule has 3 atom stereocenters. The Morgan fingerprint density at radius 3 is 2.42 bits per heavy atom. The summed E-state index contributed by atoms with van der Waals surface area (Å²) >= 11 is 0. The Balaban J connectivity index is 2.33. The van der Waals surface area contributed by atoms with E-state index in [0.29, 0.717) is 5.56 Å². The lowest BCUT2D eigenvalue weighted by Crippen LogP contribution is -2.41. The van der Waals surface area contributed by atoms with Crippen molar-refractivity contribution in [1.82, 2.24) is 0 Å². The van der Waals surface area contributed by atoms with Crippen LogP contribution in [0.5, 0.6) is 0 Å². The molecule has 0 aromatic heterocycles. The van der Waals surface area contributed by atoms with Gasteiger partial charge in [0.25, 0.3) is 0 Å². The highest BCUT2D eigenvalue weighted by molar-refractivity contribution is 6.01. The van der Waals surface area contributed by atoms with Crippen LogP contribution in [0.1, 0.15) is 38.1 Å². The van der Waals surface area contributed by atoms with Gasteiger partial charge in [-0.3, -0.25) is 14.4 Å². The average molecular weight is 336 g/mol. The summed E-state index contributed by atoms with van der Waals surface area (Å²) in [6.07, 6.45) is 0. The zero-order chi connectivity index (χ0) is 18.1. The van der Waals surface area contributed by atoms with E-state index in [4.69, 9.17) is 9.47 Å². The molecule has 0 aliphatic carbocycles. The van der Waals surface area contributed by atoms with Gasteiger partial charge in [0.15, 0.2) is 11.7 Å². The third kappa shape index (κ3) is 3.32. The standard InChI is InChI=1S/C18H21FO5/c1-5-23-16(21)13-14(18(3,4)24-17(13)22)10(2)15(20)11-6-8-12(19)9-7-11/h6-10,13-14H,5H2,1-4H3/t10-,13-,14+/m1/s1. The molecule has 1 saturated heterocycles. The molecule has 1 aromatic rings. The molecule has 0 spiro atoms. The van der Waals surface area contributed by atoms with E-state index in [-0.39, 0.29) is 12.4 Å². The molecule has 1 heterocycles. The summed E-state index contributed by atoms with van der Waals surface area (Å²) in [4.78, 5) is 37.0. The topological polar surface area (TPSA) is 69.7 Å². The highest BCUT2D eigenvalue weighted by Gasteiger charge is 2.57. The van der Waals surface area contributed by atoms with Crippen molar-refractivity contribution >= 4 is 17.7 Å². The summed E-state index contributed by atoms with van der Waals surface area (Å²) in [7, 11) is 0. The second kappa shape index (κ2) is 6.71. The molecule has 130 valence electrons. The first kappa shape index (κ1) is 18.1. The fourth-order valence-corrected chi connectivity index (χ4v) is 3.34. The van der Waals surface area contributed by atoms with E-state index in [1.165, 1.54) is 24.3 Å². The normalized spacial score (nSPS) is 23.5. The van der Waals surface area contributed by atoms with Gasteiger partial charge in [0.1, 0.15) is 11.4 Å². The van der Waals surface area contributed by atoms with Crippen molar-refractivity contribution in [3.8, 4) is 0 Å². The Hall–Kier alpha value is -2.24. The minimum atomic E-state index is -1.14. The van der Waals surface area contributed by atoms with E-state index in [1.807, 2.05) is 0 Å². The maximum Gasteiger partial charge on any atom is 0.321 e. The van der Waals surface area contributed by atoms with Gasteiger partial charge in [-0.15, -0.1) is 0 Å². The van der Waals surface area contributed by atoms with Gasteiger partial charge in [-0.1, -0.05) is 6.92 Å². The van der Waals surface area contributed by atoms with Crippen molar-refractivity contribution in [3.05, 3.63) is 35.6 Å². The second-order valence-corrected chi connectivity index (χ2v) is 6.44. The van der Waals surface area contributed by atoms with Crippen molar-refractivity contribution < 1.29 is 28.2 Å². The number of carbonyl (C=O) groups is 3. The Bertz CT molecular complexity index is 650. The fraction of sp³-hybridized carbons (Fsp3) is 0.500. The van der Waals surface area contributed by atoms with E-state index in [2.05, 4.69) is 0 Å². The predicted molar refractivity (Wildman–Crippen MR) is 83.7 cm³/mol. The van der Waals surface area contributed by atoms with E-state index >= 15 is 0 Å². The Morgan fingerprint density at radius 2 is 1.88 bits per heavy atom. The van der Waals surface area contributed by atoms with E-state index in [9.17, 15) is 18.8 Å². The number of carbonyl (C=O) groups excluding carboxylic acids is 3. The lowest BCUT2D eigenvalue weighted by molar-refractivity contribution is -0.157. The summed E-state index contributed by atoms with van der Waals surface area (Å²) in [5.41, 5.74) is -0.662. The smallest absolute Gasteiger partial charge is 0.321 e. The van der Waals surface area contributed by atoms with Crippen LogP contribution >= 0.6 is 0 Å². The molecule has 2 rings (SSSR count). The van der Waals surface area contributed by atoms with E-state index in [0.717, 1.165) is 0 Å². The lowest BCUT2D eigenvalue weighted by atomic mass is 9.72. The SMILES string of the molecule is CCOC(=O)[C@@H]1C(=O)OC(C)(C)[C@H]1[C@@H](C)C(=O)c1ccc(F)cc1. The molecule has 1 aliphatic heterocycles. The van der Waals surface area contributed by atoms with Gasteiger partial charge in [-0.05, 0) is 45.0 Å². The number of hydrogen-bond acceptors (Lipinski definition) is 5. The van der Waals surface area contributed by atoms with Crippen LogP contribution in [0.15, 0.2) is 24.3 Å². The zero-order valence-electron chi connectivity index (χ0n) is 14.2. The first-order valence-electron chi connectivity index (χ1n) is 7.88. The number of ether oxygens (including phenoxy) is 2. The molecule has 1 aromatic carbocycles. The molecule has 0 amide bonds. The minimum absolute atomic E-state index is 0.135. The van der Waals surface area contributed by atoms with Crippen molar-refractivity contribution in [1.29, 1.82) is 0 Å². The molecular formula is C18H21FO5. The van der Waals surface area contributed by atoms with Crippen molar-refractivity contribution in [2.24, 2.45) is 17.8 Å². The minimum Gasteiger partial charge on any atom is -0.465 e. The van der Waals surface area contributed by atoms with Crippen LogP contribution < -0.4 is 0 Å². The van der Waals surface area contributed by atoms with E-state index in [1.54, 1.807) is 27.7 Å². The van der Waals surface area contributed by atoms with Gasteiger partial charge in [-0.25, -0.2) is 4.39 Å². The van der Waals surface area contributed by atoms with Gasteiger partial charge in [0.05, 0.1) is 6.61 Å². The van der Waals surface area contributed by atoms with Gasteiger partial charge >= 0.3 is 11.9 Å². The Labute approximate surface area is 140 Å². The fourth-order valence-electron chi connectivity index (χ4n) is 3.34. The molecule has 5 nitrogen and oxygen atoms in total. The largest absolute Gasteiger partial charge is 0.465 e. The summed E-state index contributed by atoms with van der Waals surface area (Å²) in [5, 5.41) is 0. The van der Waals surface area contributed by atoms with Gasteiger partial charge in [0, 0.05) is 17.4 Å². The molecule has 0 saturated carbocycles. The Kier molecular flexibility index (Phi) is 5.06. The molecule has 1 aliphatic rings. The number of benzene rings is 1. The van der Waals surface area contributed by atoms with Crippen LogP contribution in [0.3, 0.4) is 0 Å². The maximum atomic E-state index is 13.0. The molecule has 0 radical (unpaired) electrons. The Morgan fingerprint density at radius 1 is 1.29 bits per heavy atom. The summed E-state index contributed by atoms with van der Waals surface area (Å²) in [6.45, 7) is 6.76. The van der Waals surface area contributed by atoms with Gasteiger partial charge in [-0.2, -0.15) is 0 Å². The number of Topliss-reactive ketones (excluding diaryl/α,β-unsaturated/α-hetero) is 1. The zero-order valence-corrected chi connectivity index (χ0v) is 14.2. The average Bonchev–Trinajstić information content (AvgIpc) is 2.75. The highest BCUT2D eigenvalue weighted by Crippen LogP contribution is 2.43. The molecular weight excluding hydrogens is 315 g/mol. The van der Waals surface area contributed by atoms with E-state index < -0.39 is 41.1 Å². The number of hydrogen-bond donors (Lipinski definition) is 0. The quantitative estimate of drug-likeness (QED) is 0.470. The monoisotopic (exact) mass is 336 g/mol. The molecule has 1 fully saturated rings. The molecule has 0 N–H and O–H groups in total. The van der Waals surface area contributed by atoms with Crippen LogP contribution in [0.25, 0.3) is 0 Å². The van der Waals surface area contributed by atoms with Crippen molar-refractivity contribution in [2.75, 3.05) is 6.61 Å². The number of halogens is 1. The lowest BCUT2D eigenvalue weighted by Gasteiger charge is -2.30. The summed E-state index contributed by atoms with van der Waals surface area (Å²) in [5.74, 6) is -4.56.